The van der Waals surface area contributed by atoms with Crippen molar-refractivity contribution in [3.63, 3.8) is 0 Å². The molecular formula is O8Se2W-4. The van der Waals surface area contributed by atoms with Gasteiger partial charge in [0.05, 0.1) is 0 Å². The molecule has 0 aromatic rings. The van der Waals surface area contributed by atoms with Gasteiger partial charge in [0, 0.05) is 21.1 Å². The molecule has 0 heterocycles. The Kier molecular flexibility index (Phi) is 10.2. The second-order valence-corrected chi connectivity index (χ2v) is 4.24. The number of rotatable bonds is 0. The molecule has 0 bridgehead atoms. The Bertz CT molecular complexity index is 208. The molecular weight excluding hydrogens is 470 g/mol. The third-order valence-corrected chi connectivity index (χ3v) is 0. The third kappa shape index (κ3) is 1410. The summed E-state index contributed by atoms with van der Waals surface area (Å²) in [4.78, 5) is 0. The van der Waals surface area contributed by atoms with Crippen LogP contribution in [0.3, 0.4) is 0 Å². The van der Waals surface area contributed by atoms with E-state index in [0.717, 1.165) is 0 Å². The second kappa shape index (κ2) is 6.30. The molecule has 0 rings (SSSR count). The van der Waals surface area contributed by atoms with Gasteiger partial charge in [-0.05, 0) is 0 Å². The molecule has 0 unspecified atom stereocenters. The first-order valence-corrected chi connectivity index (χ1v) is 6.93. The maximum Gasteiger partial charge on any atom is 0 e. The van der Waals surface area contributed by atoms with E-state index in [1.165, 1.54) is 0 Å². The van der Waals surface area contributed by atoms with Crippen LogP contribution in [0.4, 0.5) is 0 Å². The molecule has 0 saturated heterocycles. The van der Waals surface area contributed by atoms with Gasteiger partial charge in [-0.25, -0.2) is 0 Å². The first-order chi connectivity index (χ1) is 4.00. The minimum absolute atomic E-state index is 0. The van der Waals surface area contributed by atoms with E-state index in [-0.39, 0.29) is 21.1 Å². The molecule has 11 heteroatoms. The van der Waals surface area contributed by atoms with Crippen LogP contribution in [0, 0.1) is 0 Å². The van der Waals surface area contributed by atoms with E-state index < -0.39 is 26.7 Å². The summed E-state index contributed by atoms with van der Waals surface area (Å²) in [5, 5.41) is 0. The van der Waals surface area contributed by atoms with Crippen molar-refractivity contribution in [3.8, 4) is 0 Å². The number of hydrogen-bond acceptors (Lipinski definition) is 8. The molecule has 0 radical (unpaired) electrons. The fraction of sp³-hybridized carbons (Fsp3) is 0. The van der Waals surface area contributed by atoms with Gasteiger partial charge in [0.2, 0.25) is 0 Å². The Morgan fingerprint density at radius 3 is 0.636 bits per heavy atom. The largest absolute Gasteiger partial charge is 0 e. The molecule has 0 N–H and O–H groups in total. The zero-order chi connectivity index (χ0) is 9.00. The average Bonchev–Trinajstić information content (AvgIpc) is 1.12. The smallest absolute Gasteiger partial charge is 0 e. The van der Waals surface area contributed by atoms with Crippen molar-refractivity contribution in [1.82, 2.24) is 0 Å². The molecule has 11 heavy (non-hydrogen) atoms. The van der Waals surface area contributed by atoms with E-state index in [4.69, 9.17) is 32.1 Å². The van der Waals surface area contributed by atoms with Gasteiger partial charge in [0.1, 0.15) is 0 Å². The predicted octanol–water partition coefficient (Wildman–Crippen LogP) is -6.00. The van der Waals surface area contributed by atoms with Crippen LogP contribution < -0.4 is 16.8 Å². The minimum atomic E-state index is -5.75. The summed E-state index contributed by atoms with van der Waals surface area (Å²) >= 11 is -11.5. The van der Waals surface area contributed by atoms with Crippen LogP contribution in [-0.4, -0.2) is 26.7 Å². The first kappa shape index (κ1) is 17.7. The van der Waals surface area contributed by atoms with Gasteiger partial charge in [0.15, 0.2) is 0 Å². The van der Waals surface area contributed by atoms with E-state index in [9.17, 15) is 0 Å². The summed E-state index contributed by atoms with van der Waals surface area (Å²) in [5.41, 5.74) is 0. The maximum absolute atomic E-state index is 8.59. The van der Waals surface area contributed by atoms with Crippen LogP contribution >= 0.6 is 0 Å². The summed E-state index contributed by atoms with van der Waals surface area (Å²) in [6.45, 7) is 0. The van der Waals surface area contributed by atoms with Gasteiger partial charge in [-0.1, -0.05) is 0 Å². The molecule has 0 aliphatic carbocycles. The first-order valence-electron chi connectivity index (χ1n) is 1.33. The summed E-state index contributed by atoms with van der Waals surface area (Å²) in [6.07, 6.45) is 0. The van der Waals surface area contributed by atoms with Crippen molar-refractivity contribution in [2.75, 3.05) is 0 Å². The van der Waals surface area contributed by atoms with E-state index in [1.807, 2.05) is 0 Å². The van der Waals surface area contributed by atoms with E-state index >= 15 is 0 Å². The van der Waals surface area contributed by atoms with Crippen molar-refractivity contribution < 1.29 is 53.2 Å². The topological polar surface area (TPSA) is 161 Å². The monoisotopic (exact) mass is 472 g/mol. The van der Waals surface area contributed by atoms with Crippen molar-refractivity contribution >= 4 is 26.7 Å². The van der Waals surface area contributed by atoms with Gasteiger partial charge in [-0.15, -0.1) is 0 Å². The van der Waals surface area contributed by atoms with E-state index in [1.54, 1.807) is 0 Å². The summed E-state index contributed by atoms with van der Waals surface area (Å²) in [5.74, 6) is 0. The van der Waals surface area contributed by atoms with Crippen LogP contribution in [0.15, 0.2) is 0 Å². The quantitative estimate of drug-likeness (QED) is 0.317. The standard InChI is InChI=1S/2H2O4Se.W/c2*1-5(2,3)4;/h2*(H2,1,2,3,4);/p-4. The zero-order valence-corrected chi connectivity index (χ0v) is 10.9. The SMILES string of the molecule is O=[Se](=O)([O-])[O-].O=[Se](=O)([O-])[O-].[W]. The molecule has 0 aromatic carbocycles. The fourth-order valence-electron chi connectivity index (χ4n) is 0. The summed E-state index contributed by atoms with van der Waals surface area (Å²) in [6, 6.07) is 0. The summed E-state index contributed by atoms with van der Waals surface area (Å²) in [7, 11) is 0. The van der Waals surface area contributed by atoms with Crippen LogP contribution in [0.1, 0.15) is 0 Å². The zero-order valence-electron chi connectivity index (χ0n) is 4.49. The molecule has 0 aliphatic heterocycles. The Morgan fingerprint density at radius 1 is 0.636 bits per heavy atom. The van der Waals surface area contributed by atoms with Gasteiger partial charge in [0.25, 0.3) is 0 Å². The summed E-state index contributed by atoms with van der Waals surface area (Å²) < 4.78 is 68.8. The van der Waals surface area contributed by atoms with Crippen LogP contribution in [-0.2, 0) is 36.4 Å². The van der Waals surface area contributed by atoms with E-state index in [0.29, 0.717) is 0 Å². The number of hydrogen-bond donors (Lipinski definition) is 0. The average molecular weight is 470 g/mol. The Hall–Kier alpha value is 0.767. The van der Waals surface area contributed by atoms with Crippen LogP contribution in [0.25, 0.3) is 0 Å². The van der Waals surface area contributed by atoms with Gasteiger partial charge in [-0.2, -0.15) is 0 Å². The Morgan fingerprint density at radius 2 is 0.636 bits per heavy atom. The molecule has 0 atom stereocenters. The molecule has 0 spiro atoms. The third-order valence-electron chi connectivity index (χ3n) is 0. The van der Waals surface area contributed by atoms with Crippen LogP contribution in [0.2, 0.25) is 0 Å². The molecule has 0 aromatic heterocycles. The van der Waals surface area contributed by atoms with Crippen molar-refractivity contribution in [2.24, 2.45) is 0 Å². The van der Waals surface area contributed by atoms with Crippen LogP contribution in [0.5, 0.6) is 0 Å². The molecule has 0 saturated carbocycles. The van der Waals surface area contributed by atoms with Gasteiger partial charge < -0.3 is 0 Å². The normalized spacial score (nSPS) is 10.5. The van der Waals surface area contributed by atoms with E-state index in [2.05, 4.69) is 0 Å². The molecule has 0 aliphatic rings. The maximum atomic E-state index is 8.59. The fourth-order valence-corrected chi connectivity index (χ4v) is 0. The Labute approximate surface area is 79.7 Å². The molecule has 0 amide bonds. The minimum Gasteiger partial charge on any atom is 0 e. The predicted molar refractivity (Wildman–Crippen MR) is 14.3 cm³/mol. The molecule has 8 nitrogen and oxygen atoms in total. The Balaban J connectivity index is -0.000000107. The van der Waals surface area contributed by atoms with Gasteiger partial charge >= 0.3 is 58.8 Å². The van der Waals surface area contributed by atoms with Crippen molar-refractivity contribution in [1.29, 1.82) is 0 Å². The molecule has 0 fully saturated rings. The van der Waals surface area contributed by atoms with Crippen molar-refractivity contribution in [3.05, 3.63) is 0 Å². The van der Waals surface area contributed by atoms with Crippen molar-refractivity contribution in [2.45, 2.75) is 0 Å². The second-order valence-electron chi connectivity index (χ2n) is 0.816. The molecule has 70 valence electrons. The van der Waals surface area contributed by atoms with Gasteiger partial charge in [-0.3, -0.25) is 0 Å².